The van der Waals surface area contributed by atoms with E-state index >= 15 is 0 Å². The number of aromatic nitrogens is 1. The summed E-state index contributed by atoms with van der Waals surface area (Å²) in [6.45, 7) is 5.66. The number of rotatable bonds is 8. The zero-order valence-corrected chi connectivity index (χ0v) is 22.3. The minimum absolute atomic E-state index is 0.0229. The summed E-state index contributed by atoms with van der Waals surface area (Å²) in [7, 11) is -2.13. The number of aryl methyl sites for hydroxylation is 2. The standard InChI is InChI=1S/C27H37N3O5S/c1-20-16-25(34-3)17-21(2)27(20)36(32,33)30-13-5-4-6-24(30)18-35-19-26(31)29-14-9-23(10-15-29)22-7-11-28-12-8-22/h7-8,11-12,16-17,23-24H,4-6,9-10,13-15,18-19H2,1-3H3. The van der Waals surface area contributed by atoms with Crippen molar-refractivity contribution in [3.8, 4) is 5.75 Å². The van der Waals surface area contributed by atoms with Crippen LogP contribution in [0.2, 0.25) is 0 Å². The quantitative estimate of drug-likeness (QED) is 0.533. The van der Waals surface area contributed by atoms with E-state index in [-0.39, 0.29) is 25.2 Å². The highest BCUT2D eigenvalue weighted by molar-refractivity contribution is 7.89. The summed E-state index contributed by atoms with van der Waals surface area (Å²) in [4.78, 5) is 19.1. The van der Waals surface area contributed by atoms with E-state index in [2.05, 4.69) is 4.98 Å². The molecular formula is C27H37N3O5S. The molecule has 0 aliphatic carbocycles. The van der Waals surface area contributed by atoms with Crippen molar-refractivity contribution >= 4 is 15.9 Å². The molecule has 0 N–H and O–H groups in total. The van der Waals surface area contributed by atoms with Crippen LogP contribution >= 0.6 is 0 Å². The van der Waals surface area contributed by atoms with E-state index in [1.807, 2.05) is 29.4 Å². The number of carbonyl (C=O) groups is 1. The third kappa shape index (κ3) is 5.90. The molecule has 0 bridgehead atoms. The molecule has 196 valence electrons. The fraction of sp³-hybridized carbons (Fsp3) is 0.556. The van der Waals surface area contributed by atoms with Crippen molar-refractivity contribution < 1.29 is 22.7 Å². The van der Waals surface area contributed by atoms with Gasteiger partial charge in [-0.25, -0.2) is 8.42 Å². The molecule has 0 saturated carbocycles. The highest BCUT2D eigenvalue weighted by atomic mass is 32.2. The number of sulfonamides is 1. The molecule has 1 aromatic carbocycles. The minimum Gasteiger partial charge on any atom is -0.497 e. The maximum atomic E-state index is 13.7. The van der Waals surface area contributed by atoms with Crippen LogP contribution in [0, 0.1) is 13.8 Å². The fourth-order valence-corrected chi connectivity index (χ4v) is 7.58. The molecule has 2 aromatic rings. The van der Waals surface area contributed by atoms with Crippen molar-refractivity contribution in [1.82, 2.24) is 14.2 Å². The summed E-state index contributed by atoms with van der Waals surface area (Å²) in [5.41, 5.74) is 2.61. The monoisotopic (exact) mass is 515 g/mol. The molecule has 36 heavy (non-hydrogen) atoms. The number of ether oxygens (including phenoxy) is 2. The summed E-state index contributed by atoms with van der Waals surface area (Å²) >= 11 is 0. The lowest BCUT2D eigenvalue weighted by atomic mass is 9.90. The lowest BCUT2D eigenvalue weighted by molar-refractivity contribution is -0.137. The number of piperidine rings is 2. The van der Waals surface area contributed by atoms with Gasteiger partial charge in [0.2, 0.25) is 15.9 Å². The van der Waals surface area contributed by atoms with E-state index in [1.54, 1.807) is 37.4 Å². The maximum Gasteiger partial charge on any atom is 0.248 e. The third-order valence-corrected chi connectivity index (χ3v) is 9.63. The second-order valence-electron chi connectivity index (χ2n) is 9.81. The first-order valence-electron chi connectivity index (χ1n) is 12.7. The van der Waals surface area contributed by atoms with Gasteiger partial charge in [-0.1, -0.05) is 6.42 Å². The van der Waals surface area contributed by atoms with E-state index in [0.29, 0.717) is 47.3 Å². The summed E-state index contributed by atoms with van der Waals surface area (Å²) in [6.07, 6.45) is 7.95. The lowest BCUT2D eigenvalue weighted by Gasteiger charge is -2.35. The molecule has 8 nitrogen and oxygen atoms in total. The first kappa shape index (κ1) is 26.6. The number of amides is 1. The Kier molecular flexibility index (Phi) is 8.64. The smallest absolute Gasteiger partial charge is 0.248 e. The molecule has 0 spiro atoms. The van der Waals surface area contributed by atoms with Crippen molar-refractivity contribution in [3.05, 3.63) is 53.3 Å². The Morgan fingerprint density at radius 2 is 1.69 bits per heavy atom. The van der Waals surface area contributed by atoms with Gasteiger partial charge in [0.05, 0.1) is 18.6 Å². The van der Waals surface area contributed by atoms with Crippen molar-refractivity contribution in [1.29, 1.82) is 0 Å². The van der Waals surface area contributed by atoms with Crippen LogP contribution in [0.4, 0.5) is 0 Å². The minimum atomic E-state index is -3.70. The second kappa shape index (κ2) is 11.7. The van der Waals surface area contributed by atoms with Gasteiger partial charge in [0.25, 0.3) is 0 Å². The number of pyridine rings is 1. The van der Waals surface area contributed by atoms with Gasteiger partial charge in [-0.05, 0) is 86.4 Å². The topological polar surface area (TPSA) is 89.0 Å². The van der Waals surface area contributed by atoms with E-state index in [0.717, 1.165) is 32.1 Å². The average molecular weight is 516 g/mol. The van der Waals surface area contributed by atoms with Crippen LogP contribution in [0.5, 0.6) is 5.75 Å². The summed E-state index contributed by atoms with van der Waals surface area (Å²) in [5, 5.41) is 0. The third-order valence-electron chi connectivity index (χ3n) is 7.37. The van der Waals surface area contributed by atoms with E-state index in [1.165, 1.54) is 5.56 Å². The Labute approximate surface area is 214 Å². The molecule has 1 aromatic heterocycles. The predicted molar refractivity (Wildman–Crippen MR) is 138 cm³/mol. The molecule has 9 heteroatoms. The van der Waals surface area contributed by atoms with Gasteiger partial charge >= 0.3 is 0 Å². The van der Waals surface area contributed by atoms with E-state index in [4.69, 9.17) is 9.47 Å². The van der Waals surface area contributed by atoms with Gasteiger partial charge in [0.15, 0.2) is 0 Å². The SMILES string of the molecule is COc1cc(C)c(S(=O)(=O)N2CCCCC2COCC(=O)N2CCC(c3ccncc3)CC2)c(C)c1. The second-order valence-corrected chi connectivity index (χ2v) is 11.6. The van der Waals surface area contributed by atoms with Gasteiger partial charge in [0, 0.05) is 38.1 Å². The number of carbonyl (C=O) groups excluding carboxylic acids is 1. The average Bonchev–Trinajstić information content (AvgIpc) is 2.89. The number of methoxy groups -OCH3 is 1. The normalized spacial score (nSPS) is 19.9. The molecule has 0 radical (unpaired) electrons. The largest absolute Gasteiger partial charge is 0.497 e. The number of hydrogen-bond donors (Lipinski definition) is 0. The van der Waals surface area contributed by atoms with Crippen molar-refractivity contribution in [2.75, 3.05) is 40.0 Å². The Morgan fingerprint density at radius 1 is 1.03 bits per heavy atom. The molecule has 2 saturated heterocycles. The zero-order valence-electron chi connectivity index (χ0n) is 21.5. The summed E-state index contributed by atoms with van der Waals surface area (Å²) in [6, 6.07) is 7.32. The van der Waals surface area contributed by atoms with Crippen LogP contribution < -0.4 is 4.74 Å². The first-order chi connectivity index (χ1) is 17.3. The highest BCUT2D eigenvalue weighted by Crippen LogP contribution is 2.32. The highest BCUT2D eigenvalue weighted by Gasteiger charge is 2.36. The number of likely N-dealkylation sites (tertiary alicyclic amines) is 1. The fourth-order valence-electron chi connectivity index (χ4n) is 5.48. The molecular weight excluding hydrogens is 478 g/mol. The summed E-state index contributed by atoms with van der Waals surface area (Å²) < 4.78 is 40.1. The molecule has 1 unspecified atom stereocenters. The molecule has 2 fully saturated rings. The summed E-state index contributed by atoms with van der Waals surface area (Å²) in [5.74, 6) is 1.06. The zero-order chi connectivity index (χ0) is 25.7. The molecule has 4 rings (SSSR count). The van der Waals surface area contributed by atoms with E-state index < -0.39 is 10.0 Å². The number of hydrogen-bond acceptors (Lipinski definition) is 6. The van der Waals surface area contributed by atoms with Crippen molar-refractivity contribution in [2.24, 2.45) is 0 Å². The van der Waals surface area contributed by atoms with Gasteiger partial charge in [-0.15, -0.1) is 0 Å². The van der Waals surface area contributed by atoms with Crippen LogP contribution in [0.1, 0.15) is 54.7 Å². The van der Waals surface area contributed by atoms with Gasteiger partial charge in [-0.3, -0.25) is 9.78 Å². The first-order valence-corrected chi connectivity index (χ1v) is 14.2. The van der Waals surface area contributed by atoms with Gasteiger partial charge in [0.1, 0.15) is 12.4 Å². The van der Waals surface area contributed by atoms with Crippen molar-refractivity contribution in [2.45, 2.75) is 62.8 Å². The Balaban J connectivity index is 1.34. The number of nitrogens with zero attached hydrogens (tertiary/aromatic N) is 3. The molecule has 2 aliphatic rings. The number of benzene rings is 1. The van der Waals surface area contributed by atoms with Crippen LogP contribution in [-0.2, 0) is 19.6 Å². The van der Waals surface area contributed by atoms with Gasteiger partial charge in [-0.2, -0.15) is 4.31 Å². The van der Waals surface area contributed by atoms with Crippen LogP contribution in [-0.4, -0.2) is 74.5 Å². The Hall–Kier alpha value is -2.49. The Morgan fingerprint density at radius 3 is 2.33 bits per heavy atom. The molecule has 3 heterocycles. The maximum absolute atomic E-state index is 13.7. The lowest BCUT2D eigenvalue weighted by Crippen LogP contribution is -2.47. The van der Waals surface area contributed by atoms with Crippen LogP contribution in [0.15, 0.2) is 41.6 Å². The van der Waals surface area contributed by atoms with E-state index in [9.17, 15) is 13.2 Å². The van der Waals surface area contributed by atoms with Gasteiger partial charge < -0.3 is 14.4 Å². The Bertz CT molecular complexity index is 1120. The van der Waals surface area contributed by atoms with Crippen LogP contribution in [0.3, 0.4) is 0 Å². The molecule has 2 aliphatic heterocycles. The van der Waals surface area contributed by atoms with Crippen LogP contribution in [0.25, 0.3) is 0 Å². The molecule has 1 amide bonds. The predicted octanol–water partition coefficient (Wildman–Crippen LogP) is 3.67. The molecule has 1 atom stereocenters. The van der Waals surface area contributed by atoms with Crippen molar-refractivity contribution in [3.63, 3.8) is 0 Å².